The minimum atomic E-state index is -0.627. The highest BCUT2D eigenvalue weighted by Gasteiger charge is 2.14. The summed E-state index contributed by atoms with van der Waals surface area (Å²) in [7, 11) is 1.53. The summed E-state index contributed by atoms with van der Waals surface area (Å²) >= 11 is 5.74. The Morgan fingerprint density at radius 1 is 1.10 bits per heavy atom. The molecule has 0 aliphatic heterocycles. The number of hydrogen-bond acceptors (Lipinski definition) is 7. The summed E-state index contributed by atoms with van der Waals surface area (Å²) in [6.45, 7) is 0.442. The number of aromatic hydroxyl groups is 1. The van der Waals surface area contributed by atoms with Crippen LogP contribution in [0.2, 0.25) is 5.02 Å². The normalized spacial score (nSPS) is 10.8. The van der Waals surface area contributed by atoms with Crippen LogP contribution in [-0.4, -0.2) is 33.8 Å². The molecule has 0 saturated carbocycles. The lowest BCUT2D eigenvalue weighted by Gasteiger charge is -2.14. The van der Waals surface area contributed by atoms with Gasteiger partial charge in [0.1, 0.15) is 23.7 Å². The van der Waals surface area contributed by atoms with Crippen molar-refractivity contribution in [1.82, 2.24) is 15.0 Å². The van der Waals surface area contributed by atoms with Crippen molar-refractivity contribution >= 4 is 34.0 Å². The van der Waals surface area contributed by atoms with Gasteiger partial charge in [-0.1, -0.05) is 11.6 Å². The number of ether oxygens (including phenoxy) is 2. The zero-order valence-electron chi connectivity index (χ0n) is 16.5. The number of phenols is 1. The fraction of sp³-hybridized carbons (Fsp3) is 0.136. The molecular formula is C22H18ClFN4O3. The molecule has 4 aromatic rings. The van der Waals surface area contributed by atoms with E-state index in [-0.39, 0.29) is 16.5 Å². The van der Waals surface area contributed by atoms with Crippen LogP contribution in [0.5, 0.6) is 17.2 Å². The van der Waals surface area contributed by atoms with Crippen LogP contribution in [0, 0.1) is 5.82 Å². The topological polar surface area (TPSA) is 89.4 Å². The maximum absolute atomic E-state index is 14.3. The second-order valence-corrected chi connectivity index (χ2v) is 7.01. The Morgan fingerprint density at radius 3 is 2.68 bits per heavy atom. The third-order valence-corrected chi connectivity index (χ3v) is 4.91. The minimum Gasteiger partial charge on any atom is -0.506 e. The molecule has 0 spiro atoms. The van der Waals surface area contributed by atoms with Gasteiger partial charge in [-0.25, -0.2) is 14.4 Å². The van der Waals surface area contributed by atoms with Gasteiger partial charge in [0.05, 0.1) is 29.9 Å². The van der Waals surface area contributed by atoms with Gasteiger partial charge in [0, 0.05) is 36.3 Å². The lowest BCUT2D eigenvalue weighted by molar-refractivity contribution is 0.298. The third-order valence-electron chi connectivity index (χ3n) is 4.61. The molecule has 0 fully saturated rings. The summed E-state index contributed by atoms with van der Waals surface area (Å²) in [5, 5.41) is 13.2. The standard InChI is InChI=1S/C22H18ClFN4O3/c1-30-20-8-14-17(11-21(20)31-7-4-13-2-5-25-6-3-13)26-12-27-22(14)28-18-10-19(29)15(23)9-16(18)24/h2-3,5-6,8-12,29H,4,7H2,1H3,(H,26,27,28). The number of phenolic OH excluding ortho intramolecular Hbond substituents is 1. The smallest absolute Gasteiger partial charge is 0.163 e. The number of pyridine rings is 1. The van der Waals surface area contributed by atoms with Crippen molar-refractivity contribution in [2.24, 2.45) is 0 Å². The summed E-state index contributed by atoms with van der Waals surface area (Å²) in [5.74, 6) is 0.486. The second kappa shape index (κ2) is 9.01. The molecule has 0 radical (unpaired) electrons. The molecule has 7 nitrogen and oxygen atoms in total. The quantitative estimate of drug-likeness (QED) is 0.422. The Morgan fingerprint density at radius 2 is 1.90 bits per heavy atom. The Kier molecular flexibility index (Phi) is 5.99. The zero-order chi connectivity index (χ0) is 21.8. The van der Waals surface area contributed by atoms with Crippen molar-refractivity contribution < 1.29 is 19.0 Å². The molecule has 0 bridgehead atoms. The zero-order valence-corrected chi connectivity index (χ0v) is 17.2. The SMILES string of the molecule is COc1cc2c(Nc3cc(O)c(Cl)cc3F)ncnc2cc1OCCc1ccncc1. The number of halogens is 2. The molecule has 158 valence electrons. The van der Waals surface area contributed by atoms with E-state index < -0.39 is 5.82 Å². The number of methoxy groups -OCH3 is 1. The highest BCUT2D eigenvalue weighted by molar-refractivity contribution is 6.32. The number of fused-ring (bicyclic) bond motifs is 1. The van der Waals surface area contributed by atoms with Crippen LogP contribution in [0.3, 0.4) is 0 Å². The first-order valence-corrected chi connectivity index (χ1v) is 9.72. The van der Waals surface area contributed by atoms with E-state index in [2.05, 4.69) is 20.3 Å². The van der Waals surface area contributed by atoms with Crippen LogP contribution < -0.4 is 14.8 Å². The predicted octanol–water partition coefficient (Wildman–Crippen LogP) is 4.90. The van der Waals surface area contributed by atoms with Crippen LogP contribution in [0.4, 0.5) is 15.9 Å². The van der Waals surface area contributed by atoms with E-state index in [9.17, 15) is 9.50 Å². The lowest BCUT2D eigenvalue weighted by atomic mass is 10.2. The van der Waals surface area contributed by atoms with Crippen molar-refractivity contribution in [3.63, 3.8) is 0 Å². The fourth-order valence-corrected chi connectivity index (χ4v) is 3.18. The Balaban J connectivity index is 1.61. The van der Waals surface area contributed by atoms with Crippen molar-refractivity contribution in [2.75, 3.05) is 19.0 Å². The third kappa shape index (κ3) is 4.59. The number of benzene rings is 2. The van der Waals surface area contributed by atoms with Crippen LogP contribution in [0.15, 0.2) is 55.1 Å². The fourth-order valence-electron chi connectivity index (χ4n) is 3.03. The molecule has 0 unspecified atom stereocenters. The monoisotopic (exact) mass is 440 g/mol. The molecule has 0 aliphatic carbocycles. The van der Waals surface area contributed by atoms with Crippen molar-refractivity contribution in [3.05, 3.63) is 71.5 Å². The van der Waals surface area contributed by atoms with Crippen LogP contribution >= 0.6 is 11.6 Å². The Bertz CT molecular complexity index is 1220. The van der Waals surface area contributed by atoms with E-state index >= 15 is 0 Å². The van der Waals surface area contributed by atoms with Crippen molar-refractivity contribution in [1.29, 1.82) is 0 Å². The number of rotatable bonds is 7. The van der Waals surface area contributed by atoms with Crippen LogP contribution in [0.1, 0.15) is 5.56 Å². The molecule has 9 heteroatoms. The van der Waals surface area contributed by atoms with Crippen molar-refractivity contribution in [3.8, 4) is 17.2 Å². The summed E-state index contributed by atoms with van der Waals surface area (Å²) in [6, 6.07) is 9.54. The van der Waals surface area contributed by atoms with Gasteiger partial charge in [0.2, 0.25) is 0 Å². The predicted molar refractivity (Wildman–Crippen MR) is 116 cm³/mol. The number of anilines is 2. The van der Waals surface area contributed by atoms with Crippen LogP contribution in [-0.2, 0) is 6.42 Å². The van der Waals surface area contributed by atoms with Gasteiger partial charge in [-0.2, -0.15) is 0 Å². The van der Waals surface area contributed by atoms with E-state index in [1.807, 2.05) is 12.1 Å². The van der Waals surface area contributed by atoms with E-state index in [1.54, 1.807) is 24.5 Å². The molecule has 2 aromatic carbocycles. The summed E-state index contributed by atoms with van der Waals surface area (Å²) in [6.07, 6.45) is 5.53. The molecule has 2 N–H and O–H groups in total. The van der Waals surface area contributed by atoms with E-state index in [1.165, 1.54) is 19.5 Å². The first-order valence-electron chi connectivity index (χ1n) is 9.34. The molecule has 0 saturated heterocycles. The molecule has 4 rings (SSSR count). The average molecular weight is 441 g/mol. The summed E-state index contributed by atoms with van der Waals surface area (Å²) < 4.78 is 25.6. The number of nitrogens with one attached hydrogen (secondary N) is 1. The molecule has 0 atom stereocenters. The van der Waals surface area contributed by atoms with E-state index in [0.717, 1.165) is 11.6 Å². The summed E-state index contributed by atoms with van der Waals surface area (Å²) in [4.78, 5) is 12.5. The van der Waals surface area contributed by atoms with E-state index in [0.29, 0.717) is 41.2 Å². The van der Waals surface area contributed by atoms with E-state index in [4.69, 9.17) is 21.1 Å². The molecule has 2 heterocycles. The molecular weight excluding hydrogens is 423 g/mol. The number of aromatic nitrogens is 3. The van der Waals surface area contributed by atoms with Gasteiger partial charge in [0.15, 0.2) is 11.5 Å². The van der Waals surface area contributed by atoms with Gasteiger partial charge < -0.3 is 19.9 Å². The average Bonchev–Trinajstić information content (AvgIpc) is 2.78. The first kappa shape index (κ1) is 20.6. The highest BCUT2D eigenvalue weighted by Crippen LogP contribution is 2.36. The molecule has 0 aliphatic rings. The number of nitrogens with zero attached hydrogens (tertiary/aromatic N) is 3. The summed E-state index contributed by atoms with van der Waals surface area (Å²) in [5.41, 5.74) is 1.71. The van der Waals surface area contributed by atoms with Crippen molar-refractivity contribution in [2.45, 2.75) is 6.42 Å². The Labute approximate surface area is 182 Å². The lowest BCUT2D eigenvalue weighted by Crippen LogP contribution is -2.04. The first-order chi connectivity index (χ1) is 15.0. The molecule has 31 heavy (non-hydrogen) atoms. The van der Waals surface area contributed by atoms with Gasteiger partial charge in [-0.05, 0) is 29.8 Å². The van der Waals surface area contributed by atoms with Gasteiger partial charge in [0.25, 0.3) is 0 Å². The number of hydrogen-bond donors (Lipinski definition) is 2. The maximum atomic E-state index is 14.3. The molecule has 2 aromatic heterocycles. The van der Waals surface area contributed by atoms with Gasteiger partial charge in [-0.15, -0.1) is 0 Å². The molecule has 0 amide bonds. The second-order valence-electron chi connectivity index (χ2n) is 6.60. The largest absolute Gasteiger partial charge is 0.506 e. The van der Waals surface area contributed by atoms with Gasteiger partial charge in [-0.3, -0.25) is 4.98 Å². The van der Waals surface area contributed by atoms with Gasteiger partial charge >= 0.3 is 0 Å². The maximum Gasteiger partial charge on any atom is 0.163 e. The Hall–Kier alpha value is -3.65. The highest BCUT2D eigenvalue weighted by atomic mass is 35.5. The van der Waals surface area contributed by atoms with Crippen LogP contribution in [0.25, 0.3) is 10.9 Å². The minimum absolute atomic E-state index is 0.0264.